The molecule has 5 nitrogen and oxygen atoms in total. The van der Waals surface area contributed by atoms with Gasteiger partial charge in [0, 0.05) is 13.6 Å². The first-order valence-electron chi connectivity index (χ1n) is 5.51. The van der Waals surface area contributed by atoms with E-state index in [-0.39, 0.29) is 22.3 Å². The molecule has 0 heterocycles. The van der Waals surface area contributed by atoms with Gasteiger partial charge < -0.3 is 15.3 Å². The van der Waals surface area contributed by atoms with Crippen molar-refractivity contribution in [2.45, 2.75) is 13.3 Å². The second-order valence-electron chi connectivity index (χ2n) is 3.82. The van der Waals surface area contributed by atoms with Gasteiger partial charge in [-0.2, -0.15) is 0 Å². The van der Waals surface area contributed by atoms with E-state index in [1.54, 1.807) is 13.1 Å². The van der Waals surface area contributed by atoms with Crippen LogP contribution in [-0.4, -0.2) is 35.6 Å². The van der Waals surface area contributed by atoms with E-state index in [1.807, 2.05) is 6.92 Å². The summed E-state index contributed by atoms with van der Waals surface area (Å²) >= 11 is 5.80. The van der Waals surface area contributed by atoms with Gasteiger partial charge in [0.05, 0.1) is 10.7 Å². The molecule has 0 saturated heterocycles. The van der Waals surface area contributed by atoms with Gasteiger partial charge in [-0.05, 0) is 18.6 Å². The predicted octanol–water partition coefficient (Wildman–Crippen LogP) is 2.91. The highest BCUT2D eigenvalue weighted by atomic mass is 35.5. The van der Waals surface area contributed by atoms with Crippen LogP contribution in [0.15, 0.2) is 18.2 Å². The molecule has 2 N–H and O–H groups in total. The lowest BCUT2D eigenvalue weighted by Crippen LogP contribution is -2.32. The maximum absolute atomic E-state index is 11.8. The van der Waals surface area contributed by atoms with Crippen LogP contribution in [-0.2, 0) is 0 Å². The van der Waals surface area contributed by atoms with Crippen LogP contribution in [0.25, 0.3) is 0 Å². The molecule has 0 bridgehead atoms. The minimum absolute atomic E-state index is 0.0958. The molecule has 0 spiro atoms. The molecule has 0 aliphatic heterocycles. The lowest BCUT2D eigenvalue weighted by Gasteiger charge is -2.18. The molecular formula is C12H15ClN2O3. The standard InChI is InChI=1S/C12H15ClN2O3/c1-3-7-15(2)12(18)14-9-6-4-5-8(13)10(9)11(16)17/h4-6H,3,7H2,1-2H3,(H,14,18)(H,16,17). The number of amides is 2. The van der Waals surface area contributed by atoms with Gasteiger partial charge >= 0.3 is 12.0 Å². The number of nitrogens with zero attached hydrogens (tertiary/aromatic N) is 1. The van der Waals surface area contributed by atoms with Crippen molar-refractivity contribution in [3.05, 3.63) is 28.8 Å². The molecule has 0 atom stereocenters. The third-order valence-electron chi connectivity index (χ3n) is 2.37. The van der Waals surface area contributed by atoms with Crippen LogP contribution in [0.1, 0.15) is 23.7 Å². The summed E-state index contributed by atoms with van der Waals surface area (Å²) in [6.07, 6.45) is 0.825. The molecule has 0 radical (unpaired) electrons. The average Bonchev–Trinajstić information content (AvgIpc) is 2.28. The van der Waals surface area contributed by atoms with Crippen molar-refractivity contribution in [1.82, 2.24) is 4.90 Å². The normalized spacial score (nSPS) is 9.94. The van der Waals surface area contributed by atoms with E-state index in [2.05, 4.69) is 5.32 Å². The van der Waals surface area contributed by atoms with E-state index < -0.39 is 5.97 Å². The number of carbonyl (C=O) groups excluding carboxylic acids is 1. The maximum Gasteiger partial charge on any atom is 0.339 e. The number of carboxylic acid groups (broad SMARTS) is 1. The van der Waals surface area contributed by atoms with Gasteiger partial charge in [-0.3, -0.25) is 0 Å². The number of anilines is 1. The Balaban J connectivity index is 2.94. The highest BCUT2D eigenvalue weighted by Crippen LogP contribution is 2.24. The van der Waals surface area contributed by atoms with E-state index in [0.717, 1.165) is 6.42 Å². The van der Waals surface area contributed by atoms with Crippen LogP contribution in [0.2, 0.25) is 5.02 Å². The van der Waals surface area contributed by atoms with Gasteiger partial charge in [-0.1, -0.05) is 24.6 Å². The number of halogens is 1. The van der Waals surface area contributed by atoms with Crippen LogP contribution in [0.5, 0.6) is 0 Å². The number of carbonyl (C=O) groups is 2. The third kappa shape index (κ3) is 3.37. The van der Waals surface area contributed by atoms with Crippen LogP contribution < -0.4 is 5.32 Å². The van der Waals surface area contributed by atoms with Crippen molar-refractivity contribution >= 4 is 29.3 Å². The van der Waals surface area contributed by atoms with E-state index in [0.29, 0.717) is 6.54 Å². The fraction of sp³-hybridized carbons (Fsp3) is 0.333. The number of hydrogen-bond acceptors (Lipinski definition) is 2. The number of benzene rings is 1. The van der Waals surface area contributed by atoms with Gasteiger partial charge in [0.2, 0.25) is 0 Å². The zero-order valence-corrected chi connectivity index (χ0v) is 11.0. The van der Waals surface area contributed by atoms with Gasteiger partial charge in [-0.25, -0.2) is 9.59 Å². The lowest BCUT2D eigenvalue weighted by atomic mass is 10.2. The van der Waals surface area contributed by atoms with Crippen LogP contribution in [0.3, 0.4) is 0 Å². The van der Waals surface area contributed by atoms with Gasteiger partial charge in [0.25, 0.3) is 0 Å². The van der Waals surface area contributed by atoms with E-state index >= 15 is 0 Å². The summed E-state index contributed by atoms with van der Waals surface area (Å²) in [5, 5.41) is 11.7. The van der Waals surface area contributed by atoms with Crippen LogP contribution >= 0.6 is 11.6 Å². The van der Waals surface area contributed by atoms with E-state index in [1.165, 1.54) is 17.0 Å². The molecular weight excluding hydrogens is 256 g/mol. The Labute approximate surface area is 110 Å². The molecule has 0 unspecified atom stereocenters. The second-order valence-corrected chi connectivity index (χ2v) is 4.23. The summed E-state index contributed by atoms with van der Waals surface area (Å²) in [6.45, 7) is 2.54. The Kier molecular flexibility index (Phi) is 4.97. The molecule has 0 aliphatic rings. The van der Waals surface area contributed by atoms with Gasteiger partial charge in [0.15, 0.2) is 0 Å². The molecule has 0 saturated carbocycles. The Bertz CT molecular complexity index is 463. The number of rotatable bonds is 4. The number of aromatic carboxylic acids is 1. The fourth-order valence-corrected chi connectivity index (χ4v) is 1.75. The van der Waals surface area contributed by atoms with Crippen LogP contribution in [0.4, 0.5) is 10.5 Å². The number of nitrogens with one attached hydrogen (secondary N) is 1. The van der Waals surface area contributed by atoms with E-state index in [9.17, 15) is 9.59 Å². The van der Waals surface area contributed by atoms with Crippen molar-refractivity contribution in [1.29, 1.82) is 0 Å². The summed E-state index contributed by atoms with van der Waals surface area (Å²) < 4.78 is 0. The first-order valence-corrected chi connectivity index (χ1v) is 5.89. The minimum atomic E-state index is -1.17. The second kappa shape index (κ2) is 6.26. The van der Waals surface area contributed by atoms with Gasteiger partial charge in [-0.15, -0.1) is 0 Å². The predicted molar refractivity (Wildman–Crippen MR) is 70.4 cm³/mol. The van der Waals surface area contributed by atoms with Crippen molar-refractivity contribution in [2.24, 2.45) is 0 Å². The fourth-order valence-electron chi connectivity index (χ4n) is 1.49. The first kappa shape index (κ1) is 14.3. The molecule has 0 aliphatic carbocycles. The zero-order valence-electron chi connectivity index (χ0n) is 10.2. The maximum atomic E-state index is 11.8. The largest absolute Gasteiger partial charge is 0.478 e. The molecule has 1 rings (SSSR count). The summed E-state index contributed by atoms with van der Waals surface area (Å²) in [6, 6.07) is 4.20. The van der Waals surface area contributed by atoms with Crippen molar-refractivity contribution < 1.29 is 14.7 Å². The van der Waals surface area contributed by atoms with Crippen molar-refractivity contribution in [3.63, 3.8) is 0 Å². The molecule has 2 amide bonds. The average molecular weight is 271 g/mol. The van der Waals surface area contributed by atoms with Crippen molar-refractivity contribution in [3.8, 4) is 0 Å². The smallest absolute Gasteiger partial charge is 0.339 e. The highest BCUT2D eigenvalue weighted by molar-refractivity contribution is 6.34. The summed E-state index contributed by atoms with van der Waals surface area (Å²) in [7, 11) is 1.64. The molecule has 0 aromatic heterocycles. The third-order valence-corrected chi connectivity index (χ3v) is 2.69. The summed E-state index contributed by atoms with van der Waals surface area (Å²) in [5.41, 5.74) is 0.0976. The monoisotopic (exact) mass is 270 g/mol. The first-order chi connectivity index (χ1) is 8.47. The highest BCUT2D eigenvalue weighted by Gasteiger charge is 2.17. The Morgan fingerprint density at radius 3 is 2.67 bits per heavy atom. The topological polar surface area (TPSA) is 69.6 Å². The SMILES string of the molecule is CCCN(C)C(=O)Nc1cccc(Cl)c1C(=O)O. The Hall–Kier alpha value is -1.75. The van der Waals surface area contributed by atoms with E-state index in [4.69, 9.17) is 16.7 Å². The lowest BCUT2D eigenvalue weighted by molar-refractivity contribution is 0.0698. The summed E-state index contributed by atoms with van der Waals surface area (Å²) in [5.74, 6) is -1.17. The number of hydrogen-bond donors (Lipinski definition) is 2. The van der Waals surface area contributed by atoms with Crippen LogP contribution in [0, 0.1) is 0 Å². The number of urea groups is 1. The molecule has 6 heteroatoms. The number of carboxylic acids is 1. The van der Waals surface area contributed by atoms with Gasteiger partial charge in [0.1, 0.15) is 5.56 Å². The zero-order chi connectivity index (χ0) is 13.7. The molecule has 98 valence electrons. The Morgan fingerprint density at radius 1 is 1.44 bits per heavy atom. The minimum Gasteiger partial charge on any atom is -0.478 e. The molecule has 18 heavy (non-hydrogen) atoms. The summed E-state index contributed by atoms with van der Waals surface area (Å²) in [4.78, 5) is 24.3. The van der Waals surface area contributed by atoms with Crippen molar-refractivity contribution in [2.75, 3.05) is 18.9 Å². The Morgan fingerprint density at radius 2 is 2.11 bits per heavy atom. The molecule has 1 aromatic rings. The molecule has 0 fully saturated rings. The molecule has 1 aromatic carbocycles. The quantitative estimate of drug-likeness (QED) is 0.884.